The van der Waals surface area contributed by atoms with Gasteiger partial charge in [-0.25, -0.2) is 4.98 Å². The molecule has 0 bridgehead atoms. The Balaban J connectivity index is 2.64. The Bertz CT molecular complexity index is 611. The molecule has 0 aliphatic carbocycles. The van der Waals surface area contributed by atoms with Crippen LogP contribution in [-0.4, -0.2) is 9.97 Å². The normalized spacial score (nSPS) is 10.5. The number of benzene rings is 1. The summed E-state index contributed by atoms with van der Waals surface area (Å²) < 4.78 is 1.06. The first kappa shape index (κ1) is 11.9. The first-order valence-electron chi connectivity index (χ1n) is 5.11. The molecule has 0 unspecified atom stereocenters. The first-order chi connectivity index (χ1) is 7.97. The summed E-state index contributed by atoms with van der Waals surface area (Å²) in [5, 5.41) is 0. The fraction of sp³-hybridized carbons (Fsp3) is 0.167. The van der Waals surface area contributed by atoms with Crippen molar-refractivity contribution in [3.63, 3.8) is 0 Å². The molecule has 2 rings (SSSR count). The SMILES string of the molecule is Cc1cc(-c2nc(N)cc(=O)[nH]2)cc(C)c1Br. The minimum atomic E-state index is -0.245. The Morgan fingerprint density at radius 1 is 1.24 bits per heavy atom. The van der Waals surface area contributed by atoms with Crippen LogP contribution in [0.1, 0.15) is 11.1 Å². The van der Waals surface area contributed by atoms with Crippen molar-refractivity contribution in [3.05, 3.63) is 44.2 Å². The predicted molar refractivity (Wildman–Crippen MR) is 71.9 cm³/mol. The summed E-state index contributed by atoms with van der Waals surface area (Å²) in [6.45, 7) is 3.98. The summed E-state index contributed by atoms with van der Waals surface area (Å²) in [5.74, 6) is 0.718. The molecule has 0 saturated carbocycles. The minimum absolute atomic E-state index is 0.224. The molecule has 17 heavy (non-hydrogen) atoms. The third-order valence-corrected chi connectivity index (χ3v) is 3.72. The van der Waals surface area contributed by atoms with Crippen LogP contribution >= 0.6 is 15.9 Å². The number of nitrogens with two attached hydrogens (primary N) is 1. The second kappa shape index (κ2) is 4.33. The smallest absolute Gasteiger partial charge is 0.253 e. The van der Waals surface area contributed by atoms with E-state index in [0.717, 1.165) is 21.2 Å². The summed E-state index contributed by atoms with van der Waals surface area (Å²) in [5.41, 5.74) is 8.35. The van der Waals surface area contributed by atoms with Gasteiger partial charge in [0.25, 0.3) is 5.56 Å². The van der Waals surface area contributed by atoms with E-state index < -0.39 is 0 Å². The molecule has 3 N–H and O–H groups in total. The van der Waals surface area contributed by atoms with Crippen LogP contribution in [0.3, 0.4) is 0 Å². The number of halogens is 1. The quantitative estimate of drug-likeness (QED) is 0.848. The number of H-pyrrole nitrogens is 1. The molecule has 0 aliphatic rings. The lowest BCUT2D eigenvalue weighted by Crippen LogP contribution is -2.10. The van der Waals surface area contributed by atoms with Crippen LogP contribution in [0.15, 0.2) is 27.5 Å². The zero-order chi connectivity index (χ0) is 12.6. The Hall–Kier alpha value is -1.62. The zero-order valence-electron chi connectivity index (χ0n) is 9.54. The number of aryl methyl sites for hydroxylation is 2. The standard InChI is InChI=1S/C12H12BrN3O/c1-6-3-8(4-7(2)11(6)13)12-15-9(14)5-10(17)16-12/h3-5H,1-2H3,(H3,14,15,16,17). The molecular weight excluding hydrogens is 282 g/mol. The zero-order valence-corrected chi connectivity index (χ0v) is 11.1. The van der Waals surface area contributed by atoms with Crippen molar-refractivity contribution in [2.24, 2.45) is 0 Å². The van der Waals surface area contributed by atoms with Gasteiger partial charge < -0.3 is 10.7 Å². The number of nitrogens with one attached hydrogen (secondary N) is 1. The lowest BCUT2D eigenvalue weighted by molar-refractivity contribution is 1.13. The third-order valence-electron chi connectivity index (χ3n) is 2.47. The van der Waals surface area contributed by atoms with Crippen LogP contribution in [0, 0.1) is 13.8 Å². The van der Waals surface area contributed by atoms with Crippen molar-refractivity contribution in [1.29, 1.82) is 0 Å². The highest BCUT2D eigenvalue weighted by Gasteiger charge is 2.07. The van der Waals surface area contributed by atoms with Crippen molar-refractivity contribution < 1.29 is 0 Å². The second-order valence-electron chi connectivity index (χ2n) is 3.94. The lowest BCUT2D eigenvalue weighted by Gasteiger charge is -2.07. The van der Waals surface area contributed by atoms with E-state index in [9.17, 15) is 4.79 Å². The van der Waals surface area contributed by atoms with Crippen LogP contribution < -0.4 is 11.3 Å². The van der Waals surface area contributed by atoms with Gasteiger partial charge in [-0.15, -0.1) is 0 Å². The molecule has 0 amide bonds. The summed E-state index contributed by atoms with van der Waals surface area (Å²) in [4.78, 5) is 18.1. The number of anilines is 1. The van der Waals surface area contributed by atoms with Gasteiger partial charge in [-0.3, -0.25) is 4.79 Å². The number of nitrogens with zero attached hydrogens (tertiary/aromatic N) is 1. The maximum atomic E-state index is 11.3. The maximum absolute atomic E-state index is 11.3. The largest absolute Gasteiger partial charge is 0.383 e. The molecule has 88 valence electrons. The molecule has 4 nitrogen and oxygen atoms in total. The Kier molecular flexibility index (Phi) is 3.02. The van der Waals surface area contributed by atoms with Crippen LogP contribution in [0.2, 0.25) is 0 Å². The van der Waals surface area contributed by atoms with E-state index in [2.05, 4.69) is 25.9 Å². The Morgan fingerprint density at radius 2 is 1.82 bits per heavy atom. The molecule has 0 atom stereocenters. The van der Waals surface area contributed by atoms with E-state index in [1.807, 2.05) is 26.0 Å². The van der Waals surface area contributed by atoms with E-state index >= 15 is 0 Å². The van der Waals surface area contributed by atoms with Gasteiger partial charge in [0.05, 0.1) is 0 Å². The van der Waals surface area contributed by atoms with Gasteiger partial charge in [-0.05, 0) is 37.1 Å². The molecule has 5 heteroatoms. The van der Waals surface area contributed by atoms with Gasteiger partial charge in [0, 0.05) is 16.1 Å². The molecule has 1 aromatic carbocycles. The van der Waals surface area contributed by atoms with Crippen LogP contribution in [0.5, 0.6) is 0 Å². The van der Waals surface area contributed by atoms with Gasteiger partial charge in [-0.2, -0.15) is 0 Å². The van der Waals surface area contributed by atoms with E-state index in [-0.39, 0.29) is 11.4 Å². The summed E-state index contributed by atoms with van der Waals surface area (Å²) in [7, 11) is 0. The second-order valence-corrected chi connectivity index (χ2v) is 4.74. The Labute approximate surface area is 107 Å². The topological polar surface area (TPSA) is 71.8 Å². The first-order valence-corrected chi connectivity index (χ1v) is 5.90. The molecular formula is C12H12BrN3O. The van der Waals surface area contributed by atoms with E-state index in [0.29, 0.717) is 5.82 Å². The van der Waals surface area contributed by atoms with Crippen molar-refractivity contribution in [2.75, 3.05) is 5.73 Å². The lowest BCUT2D eigenvalue weighted by atomic mass is 10.1. The number of aromatic amines is 1. The molecule has 0 spiro atoms. The predicted octanol–water partition coefficient (Wildman–Crippen LogP) is 2.40. The molecule has 0 radical (unpaired) electrons. The average Bonchev–Trinajstić information content (AvgIpc) is 2.23. The van der Waals surface area contributed by atoms with Gasteiger partial charge in [0.1, 0.15) is 11.6 Å². The highest BCUT2D eigenvalue weighted by molar-refractivity contribution is 9.10. The Morgan fingerprint density at radius 3 is 2.35 bits per heavy atom. The monoisotopic (exact) mass is 293 g/mol. The molecule has 0 aliphatic heterocycles. The number of aromatic nitrogens is 2. The van der Waals surface area contributed by atoms with Gasteiger partial charge >= 0.3 is 0 Å². The highest BCUT2D eigenvalue weighted by Crippen LogP contribution is 2.26. The molecule has 0 saturated heterocycles. The van der Waals surface area contributed by atoms with Gasteiger partial charge in [0.2, 0.25) is 0 Å². The minimum Gasteiger partial charge on any atom is -0.383 e. The number of hydrogen-bond donors (Lipinski definition) is 2. The van der Waals surface area contributed by atoms with Crippen LogP contribution in [0.25, 0.3) is 11.4 Å². The fourth-order valence-corrected chi connectivity index (χ4v) is 1.92. The molecule has 1 heterocycles. The van der Waals surface area contributed by atoms with Crippen molar-refractivity contribution in [2.45, 2.75) is 13.8 Å². The van der Waals surface area contributed by atoms with E-state index in [4.69, 9.17) is 5.73 Å². The highest BCUT2D eigenvalue weighted by atomic mass is 79.9. The molecule has 2 aromatic rings. The third kappa shape index (κ3) is 2.39. The van der Waals surface area contributed by atoms with E-state index in [1.54, 1.807) is 0 Å². The summed E-state index contributed by atoms with van der Waals surface area (Å²) in [6.07, 6.45) is 0. The summed E-state index contributed by atoms with van der Waals surface area (Å²) >= 11 is 3.50. The van der Waals surface area contributed by atoms with Crippen molar-refractivity contribution in [1.82, 2.24) is 9.97 Å². The van der Waals surface area contributed by atoms with Crippen molar-refractivity contribution in [3.8, 4) is 11.4 Å². The van der Waals surface area contributed by atoms with Gasteiger partial charge in [-0.1, -0.05) is 15.9 Å². The van der Waals surface area contributed by atoms with Crippen molar-refractivity contribution >= 4 is 21.7 Å². The van der Waals surface area contributed by atoms with Crippen LogP contribution in [0.4, 0.5) is 5.82 Å². The molecule has 1 aromatic heterocycles. The average molecular weight is 294 g/mol. The van der Waals surface area contributed by atoms with Gasteiger partial charge in [0.15, 0.2) is 0 Å². The fourth-order valence-electron chi connectivity index (χ4n) is 1.70. The van der Waals surface area contributed by atoms with Crippen LogP contribution in [-0.2, 0) is 0 Å². The maximum Gasteiger partial charge on any atom is 0.253 e. The molecule has 0 fully saturated rings. The number of nitrogen functional groups attached to an aromatic ring is 1. The number of rotatable bonds is 1. The van der Waals surface area contributed by atoms with E-state index in [1.165, 1.54) is 6.07 Å². The summed E-state index contributed by atoms with van der Waals surface area (Å²) in [6, 6.07) is 5.17. The number of hydrogen-bond acceptors (Lipinski definition) is 3.